The molecule has 7 nitrogen and oxygen atoms in total. The van der Waals surface area contributed by atoms with E-state index in [1.54, 1.807) is 60.0 Å². The molecule has 1 aromatic heterocycles. The van der Waals surface area contributed by atoms with E-state index in [4.69, 9.17) is 4.74 Å². The van der Waals surface area contributed by atoms with Crippen LogP contribution < -0.4 is 10.2 Å². The molecule has 172 valence electrons. The molecule has 0 saturated heterocycles. The number of hydrogen-bond donors (Lipinski definition) is 1. The molecular weight excluding hydrogens is 452 g/mol. The molecule has 0 bridgehead atoms. The number of para-hydroxylation sites is 2. The van der Waals surface area contributed by atoms with Gasteiger partial charge in [0.2, 0.25) is 5.78 Å². The lowest BCUT2D eigenvalue weighted by molar-refractivity contribution is -0.129. The minimum Gasteiger partial charge on any atom is -0.452 e. The number of nitrogens with one attached hydrogen (secondary N) is 1. The number of hydrogen-bond acceptors (Lipinski definition) is 6. The van der Waals surface area contributed by atoms with E-state index < -0.39 is 24.0 Å². The number of carbonyl (C=O) groups excluding carboxylic acids is 4. The Kier molecular flexibility index (Phi) is 5.75. The van der Waals surface area contributed by atoms with Gasteiger partial charge in [-0.1, -0.05) is 49.2 Å². The SMILES string of the molecule is O=C(OCC(=O)N1c2ccccc2NC(=O)C12CCCC2)c1ccccc1C(=O)c1cccs1. The second-order valence-electron chi connectivity index (χ2n) is 8.37. The van der Waals surface area contributed by atoms with Crippen LogP contribution in [0.25, 0.3) is 0 Å². The predicted octanol–water partition coefficient (Wildman–Crippen LogP) is 4.43. The van der Waals surface area contributed by atoms with Crippen LogP contribution in [0.1, 0.15) is 51.3 Å². The fourth-order valence-corrected chi connectivity index (χ4v) is 5.48. The van der Waals surface area contributed by atoms with Gasteiger partial charge in [0.15, 0.2) is 6.61 Å². The molecule has 3 aromatic rings. The van der Waals surface area contributed by atoms with E-state index in [-0.39, 0.29) is 22.8 Å². The van der Waals surface area contributed by atoms with Crippen molar-refractivity contribution in [2.45, 2.75) is 31.2 Å². The molecule has 0 atom stereocenters. The minimum atomic E-state index is -0.981. The molecule has 1 aliphatic carbocycles. The fourth-order valence-electron chi connectivity index (χ4n) is 4.80. The summed E-state index contributed by atoms with van der Waals surface area (Å²) in [6, 6.07) is 17.0. The standard InChI is InChI=1S/C26H22N2O5S/c29-22(28-20-11-4-3-10-19(20)27-25(32)26(28)13-5-6-14-26)16-33-24(31)18-9-2-1-8-17(18)23(30)21-12-7-15-34-21/h1-4,7-12,15H,5-6,13-14,16H2,(H,27,32). The van der Waals surface area contributed by atoms with Crippen molar-refractivity contribution in [3.05, 3.63) is 82.0 Å². The van der Waals surface area contributed by atoms with Crippen molar-refractivity contribution < 1.29 is 23.9 Å². The van der Waals surface area contributed by atoms with Gasteiger partial charge in [0.05, 0.1) is 21.8 Å². The lowest BCUT2D eigenvalue weighted by atomic mass is 9.90. The van der Waals surface area contributed by atoms with Crippen LogP contribution in [0.4, 0.5) is 11.4 Å². The highest BCUT2D eigenvalue weighted by Crippen LogP contribution is 2.45. The molecule has 5 rings (SSSR count). The number of ether oxygens (including phenoxy) is 1. The molecule has 2 aromatic carbocycles. The third-order valence-corrected chi connectivity index (χ3v) is 7.26. The van der Waals surface area contributed by atoms with Gasteiger partial charge >= 0.3 is 5.97 Å². The van der Waals surface area contributed by atoms with Crippen LogP contribution in [-0.4, -0.2) is 35.7 Å². The first-order valence-electron chi connectivity index (χ1n) is 11.1. The normalized spacial score (nSPS) is 16.1. The molecule has 1 N–H and O–H groups in total. The summed E-state index contributed by atoms with van der Waals surface area (Å²) in [4.78, 5) is 54.2. The molecule has 8 heteroatoms. The van der Waals surface area contributed by atoms with Gasteiger partial charge in [0, 0.05) is 5.56 Å². The summed E-state index contributed by atoms with van der Waals surface area (Å²) in [5.74, 6) is -1.72. The van der Waals surface area contributed by atoms with Gasteiger partial charge in [-0.3, -0.25) is 19.3 Å². The lowest BCUT2D eigenvalue weighted by Gasteiger charge is -2.44. The Bertz CT molecular complexity index is 1280. The van der Waals surface area contributed by atoms with Crippen molar-refractivity contribution in [3.8, 4) is 0 Å². The quantitative estimate of drug-likeness (QED) is 0.436. The average molecular weight is 475 g/mol. The Hall–Kier alpha value is -3.78. The summed E-state index contributed by atoms with van der Waals surface area (Å²) in [7, 11) is 0. The van der Waals surface area contributed by atoms with Crippen molar-refractivity contribution in [2.75, 3.05) is 16.8 Å². The van der Waals surface area contributed by atoms with Crippen molar-refractivity contribution in [1.29, 1.82) is 0 Å². The van der Waals surface area contributed by atoms with Crippen LogP contribution in [0, 0.1) is 0 Å². The van der Waals surface area contributed by atoms with Gasteiger partial charge in [-0.15, -0.1) is 11.3 Å². The van der Waals surface area contributed by atoms with Crippen LogP contribution >= 0.6 is 11.3 Å². The van der Waals surface area contributed by atoms with Crippen LogP contribution in [0.2, 0.25) is 0 Å². The zero-order valence-corrected chi connectivity index (χ0v) is 19.1. The number of rotatable bonds is 5. The summed E-state index contributed by atoms with van der Waals surface area (Å²) in [6.45, 7) is -0.538. The minimum absolute atomic E-state index is 0.0982. The zero-order valence-electron chi connectivity index (χ0n) is 18.3. The Labute approximate surface area is 200 Å². The third kappa shape index (κ3) is 3.70. The number of thiophene rings is 1. The van der Waals surface area contributed by atoms with Crippen molar-refractivity contribution in [3.63, 3.8) is 0 Å². The Morgan fingerprint density at radius 1 is 0.941 bits per heavy atom. The van der Waals surface area contributed by atoms with Gasteiger partial charge in [0.1, 0.15) is 5.54 Å². The Morgan fingerprint density at radius 2 is 1.65 bits per heavy atom. The molecule has 0 radical (unpaired) electrons. The number of carbonyl (C=O) groups is 4. The maximum atomic E-state index is 13.4. The first-order valence-corrected chi connectivity index (χ1v) is 12.0. The van der Waals surface area contributed by atoms with Gasteiger partial charge < -0.3 is 10.1 Å². The number of fused-ring (bicyclic) bond motifs is 1. The smallest absolute Gasteiger partial charge is 0.339 e. The molecule has 1 saturated carbocycles. The highest BCUT2D eigenvalue weighted by molar-refractivity contribution is 7.12. The molecule has 1 aliphatic heterocycles. The summed E-state index contributed by atoms with van der Waals surface area (Å²) < 4.78 is 5.39. The summed E-state index contributed by atoms with van der Waals surface area (Å²) in [5.41, 5.74) is 0.485. The lowest BCUT2D eigenvalue weighted by Crippen LogP contribution is -2.61. The number of nitrogens with zero attached hydrogens (tertiary/aromatic N) is 1. The average Bonchev–Trinajstić information content (AvgIpc) is 3.56. The number of amides is 2. The molecular formula is C26H22N2O5S. The van der Waals surface area contributed by atoms with Gasteiger partial charge in [-0.25, -0.2) is 4.79 Å². The summed E-state index contributed by atoms with van der Waals surface area (Å²) >= 11 is 1.29. The molecule has 1 spiro atoms. The Morgan fingerprint density at radius 3 is 2.38 bits per heavy atom. The zero-order chi connectivity index (χ0) is 23.7. The molecule has 2 heterocycles. The van der Waals surface area contributed by atoms with E-state index >= 15 is 0 Å². The highest BCUT2D eigenvalue weighted by atomic mass is 32.1. The van der Waals surface area contributed by atoms with Crippen molar-refractivity contribution in [2.24, 2.45) is 0 Å². The molecule has 2 amide bonds. The van der Waals surface area contributed by atoms with Crippen LogP contribution in [0.15, 0.2) is 66.0 Å². The number of ketones is 1. The summed E-state index contributed by atoms with van der Waals surface area (Å²) in [6.07, 6.45) is 2.75. The van der Waals surface area contributed by atoms with Gasteiger partial charge in [-0.05, 0) is 42.5 Å². The van der Waals surface area contributed by atoms with Crippen LogP contribution in [-0.2, 0) is 14.3 Å². The first kappa shape index (κ1) is 22.0. The van der Waals surface area contributed by atoms with Crippen molar-refractivity contribution in [1.82, 2.24) is 0 Å². The second-order valence-corrected chi connectivity index (χ2v) is 9.31. The summed E-state index contributed by atoms with van der Waals surface area (Å²) in [5, 5.41) is 4.71. The van der Waals surface area contributed by atoms with E-state index in [2.05, 4.69) is 5.32 Å². The van der Waals surface area contributed by atoms with E-state index in [1.807, 2.05) is 0 Å². The van der Waals surface area contributed by atoms with Crippen LogP contribution in [0.5, 0.6) is 0 Å². The largest absolute Gasteiger partial charge is 0.452 e. The van der Waals surface area contributed by atoms with E-state index in [0.29, 0.717) is 29.1 Å². The Balaban J connectivity index is 1.39. The molecule has 34 heavy (non-hydrogen) atoms. The van der Waals surface area contributed by atoms with Gasteiger partial charge in [0.25, 0.3) is 11.8 Å². The maximum Gasteiger partial charge on any atom is 0.339 e. The topological polar surface area (TPSA) is 92.8 Å². The first-order chi connectivity index (χ1) is 16.5. The van der Waals surface area contributed by atoms with Crippen LogP contribution in [0.3, 0.4) is 0 Å². The fraction of sp³-hybridized carbons (Fsp3) is 0.231. The third-order valence-electron chi connectivity index (χ3n) is 6.39. The predicted molar refractivity (Wildman–Crippen MR) is 128 cm³/mol. The van der Waals surface area contributed by atoms with E-state index in [1.165, 1.54) is 22.3 Å². The monoisotopic (exact) mass is 474 g/mol. The number of esters is 1. The highest BCUT2D eigenvalue weighted by Gasteiger charge is 2.52. The molecule has 0 unspecified atom stereocenters. The van der Waals surface area contributed by atoms with E-state index in [9.17, 15) is 19.2 Å². The molecule has 1 fully saturated rings. The molecule has 2 aliphatic rings. The maximum absolute atomic E-state index is 13.4. The van der Waals surface area contributed by atoms with E-state index in [0.717, 1.165) is 12.8 Å². The number of benzene rings is 2. The van der Waals surface area contributed by atoms with Gasteiger partial charge in [-0.2, -0.15) is 0 Å². The number of anilines is 2. The second kappa shape index (κ2) is 8.87. The van der Waals surface area contributed by atoms with Crippen molar-refractivity contribution >= 4 is 46.3 Å².